The number of aromatic nitrogens is 1. The van der Waals surface area contributed by atoms with Crippen molar-refractivity contribution in [1.82, 2.24) is 4.98 Å². The number of phenolic OH excluding ortho intramolecular Hbond substituents is 2. The molecule has 2 N–H and O–H groups in total. The topological polar surface area (TPSA) is 53.4 Å². The van der Waals surface area contributed by atoms with E-state index in [0.717, 1.165) is 5.56 Å². The number of nitrogens with zero attached hydrogens (tertiary/aromatic N) is 1. The van der Waals surface area contributed by atoms with Crippen molar-refractivity contribution in [1.29, 1.82) is 0 Å². The van der Waals surface area contributed by atoms with E-state index in [0.29, 0.717) is 16.8 Å². The first-order chi connectivity index (χ1) is 9.77. The van der Waals surface area contributed by atoms with Gasteiger partial charge in [0.15, 0.2) is 0 Å². The third kappa shape index (κ3) is 2.78. The molecule has 4 heteroatoms. The smallest absolute Gasteiger partial charge is 1.00 e. The molecule has 0 radical (unpaired) electrons. The Balaban J connectivity index is 0.00000161. The Bertz CT molecular complexity index is 704. The van der Waals surface area contributed by atoms with Gasteiger partial charge in [0.1, 0.15) is 11.5 Å². The Morgan fingerprint density at radius 1 is 0.667 bits per heavy atom. The van der Waals surface area contributed by atoms with Gasteiger partial charge in [-0.3, -0.25) is 4.98 Å². The Morgan fingerprint density at radius 3 is 1.81 bits per heavy atom. The van der Waals surface area contributed by atoms with Gasteiger partial charge >= 0.3 is 10.1 Å². The summed E-state index contributed by atoms with van der Waals surface area (Å²) in [4.78, 5) is 4.36. The second-order valence-electron chi connectivity index (χ2n) is 4.43. The van der Waals surface area contributed by atoms with Crippen molar-refractivity contribution in [3.63, 3.8) is 0 Å². The van der Waals surface area contributed by atoms with Crippen molar-refractivity contribution in [3.8, 4) is 33.9 Å². The number of para-hydroxylation sites is 2. The minimum atomic E-state index is 0. The van der Waals surface area contributed by atoms with E-state index in [-0.39, 0.29) is 24.5 Å². The zero-order valence-corrected chi connectivity index (χ0v) is 11.4. The number of benzene rings is 2. The molecule has 0 amide bonds. The van der Waals surface area contributed by atoms with Gasteiger partial charge in [0.25, 0.3) is 0 Å². The van der Waals surface area contributed by atoms with Crippen molar-refractivity contribution < 1.29 is 13.1 Å². The van der Waals surface area contributed by atoms with E-state index in [1.165, 1.54) is 0 Å². The second-order valence-corrected chi connectivity index (χ2v) is 4.43. The van der Waals surface area contributed by atoms with Crippen LogP contribution in [0.15, 0.2) is 66.9 Å². The summed E-state index contributed by atoms with van der Waals surface area (Å²) >= 11 is 0. The van der Waals surface area contributed by atoms with Crippen molar-refractivity contribution in [2.75, 3.05) is 0 Å². The molecule has 0 unspecified atom stereocenters. The van der Waals surface area contributed by atoms with E-state index >= 15 is 0 Å². The summed E-state index contributed by atoms with van der Waals surface area (Å²) in [5.41, 5.74) is 2.77. The summed E-state index contributed by atoms with van der Waals surface area (Å²) in [6, 6.07) is 17.8. The summed E-state index contributed by atoms with van der Waals surface area (Å²) in [7, 11) is 0. The molecule has 0 spiro atoms. The van der Waals surface area contributed by atoms with Crippen LogP contribution in [-0.4, -0.2) is 25.3 Å². The minimum absolute atomic E-state index is 0. The molecule has 0 fully saturated rings. The van der Waals surface area contributed by atoms with Gasteiger partial charge in [0, 0.05) is 22.9 Å². The van der Waals surface area contributed by atoms with E-state index < -0.39 is 0 Å². The molecule has 0 saturated carbocycles. The van der Waals surface area contributed by atoms with Gasteiger partial charge in [0.2, 0.25) is 0 Å². The van der Waals surface area contributed by atoms with E-state index in [9.17, 15) is 10.2 Å². The molecule has 0 aliphatic carbocycles. The molecule has 21 heavy (non-hydrogen) atoms. The molecule has 0 aliphatic rings. The summed E-state index contributed by atoms with van der Waals surface area (Å²) < 4.78 is 0. The van der Waals surface area contributed by atoms with E-state index in [1.807, 2.05) is 30.3 Å². The minimum Gasteiger partial charge on any atom is -1.00 e. The van der Waals surface area contributed by atoms with E-state index in [1.54, 1.807) is 36.5 Å². The van der Waals surface area contributed by atoms with Crippen LogP contribution in [0.4, 0.5) is 0 Å². The molecular formula is C17H15BeNO2. The largest absolute Gasteiger partial charge is 2.00 e. The predicted molar refractivity (Wildman–Crippen MR) is 86.4 cm³/mol. The summed E-state index contributed by atoms with van der Waals surface area (Å²) in [6.07, 6.45) is 1.67. The maximum Gasteiger partial charge on any atom is 2.00 e. The molecule has 0 atom stereocenters. The Labute approximate surface area is 129 Å². The first-order valence-electron chi connectivity index (χ1n) is 6.29. The number of aromatic hydroxyl groups is 2. The van der Waals surface area contributed by atoms with Crippen molar-refractivity contribution in [2.24, 2.45) is 0 Å². The Morgan fingerprint density at radius 2 is 1.19 bits per heavy atom. The third-order valence-electron chi connectivity index (χ3n) is 3.16. The van der Waals surface area contributed by atoms with Crippen LogP contribution in [0.25, 0.3) is 22.4 Å². The van der Waals surface area contributed by atoms with Gasteiger partial charge in [-0.05, 0) is 24.3 Å². The van der Waals surface area contributed by atoms with Crippen LogP contribution in [-0.2, 0) is 0 Å². The fraction of sp³-hybridized carbons (Fsp3) is 0. The Hall–Kier alpha value is -2.64. The van der Waals surface area contributed by atoms with Crippen molar-refractivity contribution in [3.05, 3.63) is 66.9 Å². The normalized spacial score (nSPS) is 9.90. The molecule has 3 nitrogen and oxygen atoms in total. The number of hydrogen-bond donors (Lipinski definition) is 2. The average Bonchev–Trinajstić information content (AvgIpc) is 2.48. The van der Waals surface area contributed by atoms with Crippen LogP contribution in [0.1, 0.15) is 2.85 Å². The summed E-state index contributed by atoms with van der Waals surface area (Å²) in [6.45, 7) is 0. The molecule has 0 saturated heterocycles. The second kappa shape index (κ2) is 6.21. The van der Waals surface area contributed by atoms with Crippen molar-refractivity contribution >= 4 is 10.1 Å². The van der Waals surface area contributed by atoms with Crippen LogP contribution in [0, 0.1) is 0 Å². The van der Waals surface area contributed by atoms with Crippen LogP contribution in [0.2, 0.25) is 0 Å². The number of phenols is 2. The van der Waals surface area contributed by atoms with Crippen LogP contribution < -0.4 is 0 Å². The molecule has 1 aromatic heterocycles. The quantitative estimate of drug-likeness (QED) is 0.701. The zero-order valence-electron chi connectivity index (χ0n) is 13.4. The Kier molecular flexibility index (Phi) is 4.36. The van der Waals surface area contributed by atoms with Crippen LogP contribution in [0.3, 0.4) is 0 Å². The molecule has 102 valence electrons. The molecule has 0 aliphatic heterocycles. The molecule has 3 aromatic rings. The molecule has 0 bridgehead atoms. The van der Waals surface area contributed by atoms with Gasteiger partial charge in [0.05, 0.1) is 5.69 Å². The first-order valence-corrected chi connectivity index (χ1v) is 6.29. The monoisotopic (exact) mass is 274 g/mol. The maximum absolute atomic E-state index is 10.0. The van der Waals surface area contributed by atoms with Gasteiger partial charge in [-0.25, -0.2) is 0 Å². The number of rotatable bonds is 2. The first kappa shape index (κ1) is 14.8. The predicted octanol–water partition coefficient (Wildman–Crippen LogP) is 3.67. The molecular weight excluding hydrogens is 259 g/mol. The maximum atomic E-state index is 10.0. The third-order valence-corrected chi connectivity index (χ3v) is 3.16. The van der Waals surface area contributed by atoms with Crippen molar-refractivity contribution in [2.45, 2.75) is 0 Å². The number of hydrogen-bond acceptors (Lipinski definition) is 3. The summed E-state index contributed by atoms with van der Waals surface area (Å²) in [5.74, 6) is 0.361. The molecule has 3 rings (SSSR count). The van der Waals surface area contributed by atoms with Crippen LogP contribution in [0.5, 0.6) is 11.5 Å². The van der Waals surface area contributed by atoms with Gasteiger partial charge in [-0.2, -0.15) is 0 Å². The standard InChI is InChI=1S/C17H13NO2.Be.2H/c19-15-9-3-1-6-12(15)13-8-5-11-18-17(13)14-7-2-4-10-16(14)20;;;/h1-11,19-20H;;;/q;+2;2*-1. The van der Waals surface area contributed by atoms with Gasteiger partial charge < -0.3 is 13.1 Å². The molecule has 2 aromatic carbocycles. The van der Waals surface area contributed by atoms with Crippen LogP contribution >= 0.6 is 0 Å². The molecule has 1 heterocycles. The van der Waals surface area contributed by atoms with E-state index in [2.05, 4.69) is 4.98 Å². The number of pyridine rings is 1. The van der Waals surface area contributed by atoms with Gasteiger partial charge in [-0.1, -0.05) is 36.4 Å². The summed E-state index contributed by atoms with van der Waals surface area (Å²) in [5, 5.41) is 20.0. The SMILES string of the molecule is Oc1ccccc1-c1cccnc1-c1ccccc1O.[Be+2].[H-].[H-]. The fourth-order valence-electron chi connectivity index (χ4n) is 2.21. The zero-order chi connectivity index (χ0) is 13.9. The van der Waals surface area contributed by atoms with E-state index in [4.69, 9.17) is 0 Å². The van der Waals surface area contributed by atoms with Gasteiger partial charge in [-0.15, -0.1) is 0 Å². The average molecular weight is 274 g/mol. The fourth-order valence-corrected chi connectivity index (χ4v) is 2.21.